The monoisotopic (exact) mass is 393 g/mol. The Morgan fingerprint density at radius 1 is 1.16 bits per heavy atom. The first kappa shape index (κ1) is 19.6. The van der Waals surface area contributed by atoms with Gasteiger partial charge in [-0.3, -0.25) is 0 Å². The summed E-state index contributed by atoms with van der Waals surface area (Å²) in [4.78, 5) is -0.883. The van der Waals surface area contributed by atoms with E-state index in [1.54, 1.807) is 24.3 Å². The molecule has 0 aromatic heterocycles. The van der Waals surface area contributed by atoms with Gasteiger partial charge in [-0.1, -0.05) is 29.8 Å². The number of sulfonamides is 1. The van der Waals surface area contributed by atoms with Crippen molar-refractivity contribution in [3.05, 3.63) is 58.6 Å². The van der Waals surface area contributed by atoms with Gasteiger partial charge in [0.25, 0.3) is 0 Å². The number of nitrogens with one attached hydrogen (secondary N) is 1. The molecule has 0 bridgehead atoms. The van der Waals surface area contributed by atoms with Crippen LogP contribution >= 0.6 is 11.6 Å². The minimum atomic E-state index is -4.86. The van der Waals surface area contributed by atoms with Crippen molar-refractivity contribution < 1.29 is 26.3 Å². The van der Waals surface area contributed by atoms with E-state index in [-0.39, 0.29) is 5.02 Å². The molecule has 25 heavy (non-hydrogen) atoms. The first-order chi connectivity index (χ1) is 11.6. The fourth-order valence-electron chi connectivity index (χ4n) is 2.34. The smallest absolute Gasteiger partial charge is 0.417 e. The second-order valence-electron chi connectivity index (χ2n) is 5.22. The van der Waals surface area contributed by atoms with Crippen LogP contribution < -0.4 is 9.46 Å². The van der Waals surface area contributed by atoms with Crippen LogP contribution in [0, 0.1) is 0 Å². The average molecular weight is 394 g/mol. The third kappa shape index (κ3) is 4.45. The Hall–Kier alpha value is -1.77. The van der Waals surface area contributed by atoms with Crippen molar-refractivity contribution >= 4 is 21.6 Å². The topological polar surface area (TPSA) is 55.4 Å². The molecule has 9 heteroatoms. The highest BCUT2D eigenvalue weighted by Gasteiger charge is 2.38. The van der Waals surface area contributed by atoms with Crippen LogP contribution in [0.4, 0.5) is 13.2 Å². The molecule has 1 atom stereocenters. The lowest BCUT2D eigenvalue weighted by atomic mass is 10.1. The number of halogens is 4. The fourth-order valence-corrected chi connectivity index (χ4v) is 3.94. The molecule has 0 saturated heterocycles. The minimum absolute atomic E-state index is 0.205. The van der Waals surface area contributed by atoms with Crippen molar-refractivity contribution in [3.63, 3.8) is 0 Å². The normalized spacial score (nSPS) is 13.5. The van der Waals surface area contributed by atoms with Crippen LogP contribution in [0.15, 0.2) is 47.4 Å². The second-order valence-corrected chi connectivity index (χ2v) is 7.34. The molecule has 0 radical (unpaired) electrons. The van der Waals surface area contributed by atoms with Crippen LogP contribution in [-0.2, 0) is 16.2 Å². The fraction of sp³-hybridized carbons (Fsp3) is 0.250. The lowest BCUT2D eigenvalue weighted by molar-refractivity contribution is -0.139. The summed E-state index contributed by atoms with van der Waals surface area (Å²) in [6, 6.07) is 8.34. The summed E-state index contributed by atoms with van der Waals surface area (Å²) in [5.41, 5.74) is -0.823. The van der Waals surface area contributed by atoms with Crippen molar-refractivity contribution in [2.75, 3.05) is 7.11 Å². The van der Waals surface area contributed by atoms with Gasteiger partial charge in [-0.15, -0.1) is 0 Å². The molecule has 0 fully saturated rings. The van der Waals surface area contributed by atoms with Gasteiger partial charge in [0.2, 0.25) is 10.0 Å². The van der Waals surface area contributed by atoms with Gasteiger partial charge in [-0.05, 0) is 31.2 Å². The molecule has 2 rings (SSSR count). The highest BCUT2D eigenvalue weighted by Crippen LogP contribution is 2.36. The summed E-state index contributed by atoms with van der Waals surface area (Å²) in [6.45, 7) is 1.51. The molecule has 0 saturated carbocycles. The van der Waals surface area contributed by atoms with Gasteiger partial charge in [0, 0.05) is 16.6 Å². The maximum atomic E-state index is 13.2. The third-order valence-electron chi connectivity index (χ3n) is 3.47. The Morgan fingerprint density at radius 2 is 1.80 bits per heavy atom. The molecule has 2 aromatic rings. The highest BCUT2D eigenvalue weighted by molar-refractivity contribution is 7.89. The maximum Gasteiger partial charge on any atom is 0.417 e. The van der Waals surface area contributed by atoms with Gasteiger partial charge >= 0.3 is 6.18 Å². The molecule has 1 unspecified atom stereocenters. The van der Waals surface area contributed by atoms with Gasteiger partial charge in [0.1, 0.15) is 5.75 Å². The van der Waals surface area contributed by atoms with Gasteiger partial charge in [0.15, 0.2) is 0 Å². The molecule has 0 heterocycles. The van der Waals surface area contributed by atoms with Crippen molar-refractivity contribution in [2.24, 2.45) is 0 Å². The third-order valence-corrected chi connectivity index (χ3v) is 5.31. The molecule has 136 valence electrons. The minimum Gasteiger partial charge on any atom is -0.496 e. The van der Waals surface area contributed by atoms with Gasteiger partial charge in [0.05, 0.1) is 17.6 Å². The zero-order valence-electron chi connectivity index (χ0n) is 13.3. The van der Waals surface area contributed by atoms with Crippen LogP contribution in [0.1, 0.15) is 24.1 Å². The van der Waals surface area contributed by atoms with E-state index in [0.29, 0.717) is 17.4 Å². The second kappa shape index (κ2) is 7.23. The number of hydrogen-bond donors (Lipinski definition) is 1. The number of para-hydroxylation sites is 1. The number of alkyl halides is 3. The standard InChI is InChI=1S/C16H15ClF3NO3S/c1-10(12-5-3-4-6-14(12)24-2)21-25(22,23)15-8-7-11(17)9-13(15)16(18,19)20/h3-10,21H,1-2H3. The summed E-state index contributed by atoms with van der Waals surface area (Å²) in [7, 11) is -3.03. The zero-order valence-corrected chi connectivity index (χ0v) is 14.8. The average Bonchev–Trinajstić information content (AvgIpc) is 2.53. The van der Waals surface area contributed by atoms with E-state index in [2.05, 4.69) is 4.72 Å². The Balaban J connectivity index is 2.43. The maximum absolute atomic E-state index is 13.2. The highest BCUT2D eigenvalue weighted by atomic mass is 35.5. The van der Waals surface area contributed by atoms with Crippen LogP contribution in [0.2, 0.25) is 5.02 Å². The number of ether oxygens (including phenoxy) is 1. The molecular formula is C16H15ClF3NO3S. The molecule has 4 nitrogen and oxygen atoms in total. The van der Waals surface area contributed by atoms with E-state index in [9.17, 15) is 21.6 Å². The number of benzene rings is 2. The van der Waals surface area contributed by atoms with Crippen LogP contribution in [0.25, 0.3) is 0 Å². The zero-order chi connectivity index (χ0) is 18.8. The summed E-state index contributed by atoms with van der Waals surface area (Å²) in [6.07, 6.45) is -4.86. The Labute approximate surface area is 148 Å². The molecule has 2 aromatic carbocycles. The first-order valence-corrected chi connectivity index (χ1v) is 8.94. The van der Waals surface area contributed by atoms with Crippen LogP contribution in [-0.4, -0.2) is 15.5 Å². The van der Waals surface area contributed by atoms with Gasteiger partial charge in [-0.25, -0.2) is 13.1 Å². The summed E-state index contributed by atoms with van der Waals surface area (Å²) in [5, 5.41) is -0.205. The first-order valence-electron chi connectivity index (χ1n) is 7.08. The molecule has 0 aliphatic carbocycles. The lowest BCUT2D eigenvalue weighted by Gasteiger charge is -2.19. The number of hydrogen-bond acceptors (Lipinski definition) is 3. The largest absolute Gasteiger partial charge is 0.496 e. The molecule has 0 aliphatic heterocycles. The van der Waals surface area contributed by atoms with Crippen LogP contribution in [0.5, 0.6) is 5.75 Å². The van der Waals surface area contributed by atoms with E-state index in [0.717, 1.165) is 12.1 Å². The SMILES string of the molecule is COc1ccccc1C(C)NS(=O)(=O)c1ccc(Cl)cc1C(F)(F)F. The summed E-state index contributed by atoms with van der Waals surface area (Å²) < 4.78 is 71.9. The molecule has 0 amide bonds. The number of rotatable bonds is 5. The Bertz CT molecular complexity index is 869. The predicted octanol–water partition coefficient (Wildman–Crippen LogP) is 4.41. The predicted molar refractivity (Wildman–Crippen MR) is 88.2 cm³/mol. The Morgan fingerprint density at radius 3 is 2.40 bits per heavy atom. The molecule has 1 N–H and O–H groups in total. The molecular weight excluding hydrogens is 379 g/mol. The summed E-state index contributed by atoms with van der Waals surface area (Å²) >= 11 is 5.58. The van der Waals surface area contributed by atoms with Crippen LogP contribution in [0.3, 0.4) is 0 Å². The van der Waals surface area contributed by atoms with E-state index in [1.165, 1.54) is 14.0 Å². The van der Waals surface area contributed by atoms with Crippen molar-refractivity contribution in [2.45, 2.75) is 24.0 Å². The van der Waals surface area contributed by atoms with E-state index in [1.807, 2.05) is 0 Å². The summed E-state index contributed by atoms with van der Waals surface area (Å²) in [5.74, 6) is 0.421. The number of methoxy groups -OCH3 is 1. The van der Waals surface area contributed by atoms with Crippen molar-refractivity contribution in [3.8, 4) is 5.75 Å². The van der Waals surface area contributed by atoms with E-state index in [4.69, 9.17) is 16.3 Å². The van der Waals surface area contributed by atoms with E-state index < -0.39 is 32.7 Å². The lowest BCUT2D eigenvalue weighted by Crippen LogP contribution is -2.29. The van der Waals surface area contributed by atoms with Crippen molar-refractivity contribution in [1.82, 2.24) is 4.72 Å². The van der Waals surface area contributed by atoms with E-state index >= 15 is 0 Å². The quantitative estimate of drug-likeness (QED) is 0.818. The van der Waals surface area contributed by atoms with Gasteiger partial charge < -0.3 is 4.74 Å². The molecule has 0 spiro atoms. The molecule has 0 aliphatic rings. The van der Waals surface area contributed by atoms with Crippen molar-refractivity contribution in [1.29, 1.82) is 0 Å². The Kier molecular flexibility index (Phi) is 5.65. The van der Waals surface area contributed by atoms with Gasteiger partial charge in [-0.2, -0.15) is 13.2 Å².